The predicted octanol–water partition coefficient (Wildman–Crippen LogP) is 4.61. The van der Waals surface area contributed by atoms with Gasteiger partial charge in [-0.2, -0.15) is 0 Å². The Hall–Kier alpha value is -3.24. The van der Waals surface area contributed by atoms with Crippen LogP contribution in [0.15, 0.2) is 53.3 Å². The van der Waals surface area contributed by atoms with E-state index in [4.69, 9.17) is 11.6 Å². The van der Waals surface area contributed by atoms with Gasteiger partial charge in [0.05, 0.1) is 4.92 Å². The lowest BCUT2D eigenvalue weighted by Crippen LogP contribution is -2.30. The molecule has 11 heteroatoms. The van der Waals surface area contributed by atoms with Crippen LogP contribution in [0, 0.1) is 17.0 Å². The Labute approximate surface area is 178 Å². The van der Waals surface area contributed by atoms with Crippen LogP contribution in [0.25, 0.3) is 0 Å². The van der Waals surface area contributed by atoms with Crippen LogP contribution in [0.3, 0.4) is 0 Å². The fraction of sp³-hybridized carbons (Fsp3) is 0.0556. The van der Waals surface area contributed by atoms with Crippen LogP contribution in [-0.2, 0) is 0 Å². The van der Waals surface area contributed by atoms with Gasteiger partial charge in [0.15, 0.2) is 0 Å². The van der Waals surface area contributed by atoms with E-state index in [0.29, 0.717) is 21.8 Å². The summed E-state index contributed by atoms with van der Waals surface area (Å²) in [5, 5.41) is 15.0. The van der Waals surface area contributed by atoms with E-state index in [1.54, 1.807) is 49.4 Å². The van der Waals surface area contributed by atoms with Crippen molar-refractivity contribution in [1.29, 1.82) is 0 Å². The minimum absolute atomic E-state index is 0.0456. The molecule has 148 valence electrons. The van der Waals surface area contributed by atoms with Crippen molar-refractivity contribution in [2.75, 3.05) is 10.7 Å². The zero-order chi connectivity index (χ0) is 21.0. The first-order valence-corrected chi connectivity index (χ1v) is 9.37. The summed E-state index contributed by atoms with van der Waals surface area (Å²) in [5.74, 6) is -0.695. The second-order valence-electron chi connectivity index (χ2n) is 5.80. The average Bonchev–Trinajstić information content (AvgIpc) is 2.70. The number of nitro groups is 1. The molecule has 0 unspecified atom stereocenters. The van der Waals surface area contributed by atoms with Gasteiger partial charge in [0, 0.05) is 20.7 Å². The van der Waals surface area contributed by atoms with Crippen LogP contribution in [0.5, 0.6) is 0 Å². The van der Waals surface area contributed by atoms with E-state index in [0.717, 1.165) is 10.8 Å². The number of anilines is 3. The Bertz CT molecular complexity index is 1080. The number of hydrogen-bond acceptors (Lipinski definition) is 7. The molecule has 0 radical (unpaired) electrons. The molecular formula is C18H14BrClN6O3. The van der Waals surface area contributed by atoms with Crippen molar-refractivity contribution in [3.05, 3.63) is 79.5 Å². The van der Waals surface area contributed by atoms with Crippen LogP contribution in [0.4, 0.5) is 23.0 Å². The second-order valence-corrected chi connectivity index (χ2v) is 7.12. The lowest BCUT2D eigenvalue weighted by molar-refractivity contribution is -0.383. The number of halogens is 2. The van der Waals surface area contributed by atoms with Gasteiger partial charge in [0.2, 0.25) is 11.6 Å². The smallest absolute Gasteiger partial charge is 0.334 e. The van der Waals surface area contributed by atoms with Crippen molar-refractivity contribution in [2.24, 2.45) is 0 Å². The molecule has 3 rings (SSSR count). The first-order valence-electron chi connectivity index (χ1n) is 8.20. The highest BCUT2D eigenvalue weighted by molar-refractivity contribution is 9.10. The first kappa shape index (κ1) is 20.5. The number of nitrogens with one attached hydrogen (secondary N) is 3. The largest absolute Gasteiger partial charge is 0.355 e. The Balaban J connectivity index is 1.85. The van der Waals surface area contributed by atoms with E-state index in [1.807, 2.05) is 0 Å². The fourth-order valence-electron chi connectivity index (χ4n) is 2.39. The Morgan fingerprint density at radius 1 is 1.14 bits per heavy atom. The molecule has 0 fully saturated rings. The third-order valence-corrected chi connectivity index (χ3v) is 4.86. The van der Waals surface area contributed by atoms with Crippen LogP contribution < -0.4 is 16.2 Å². The average molecular weight is 478 g/mol. The van der Waals surface area contributed by atoms with Crippen molar-refractivity contribution < 1.29 is 9.72 Å². The van der Waals surface area contributed by atoms with Crippen LogP contribution >= 0.6 is 27.5 Å². The summed E-state index contributed by atoms with van der Waals surface area (Å²) in [6.45, 7) is 1.77. The van der Waals surface area contributed by atoms with Crippen LogP contribution in [0.1, 0.15) is 15.9 Å². The van der Waals surface area contributed by atoms with E-state index in [2.05, 4.69) is 42.1 Å². The molecule has 2 aromatic carbocycles. The summed E-state index contributed by atoms with van der Waals surface area (Å²) >= 11 is 9.38. The van der Waals surface area contributed by atoms with Gasteiger partial charge in [-0.1, -0.05) is 33.6 Å². The minimum atomic E-state index is -0.643. The van der Waals surface area contributed by atoms with Crippen molar-refractivity contribution in [3.8, 4) is 0 Å². The van der Waals surface area contributed by atoms with Crippen LogP contribution in [-0.4, -0.2) is 20.8 Å². The predicted molar refractivity (Wildman–Crippen MR) is 113 cm³/mol. The molecule has 0 aliphatic heterocycles. The van der Waals surface area contributed by atoms with Gasteiger partial charge in [-0.3, -0.25) is 25.8 Å². The number of rotatable bonds is 6. The monoisotopic (exact) mass is 476 g/mol. The number of nitrogens with zero attached hydrogens (tertiary/aromatic N) is 3. The zero-order valence-electron chi connectivity index (χ0n) is 14.9. The number of aromatic nitrogens is 2. The molecule has 0 aliphatic carbocycles. The molecule has 1 heterocycles. The maximum atomic E-state index is 12.2. The fourth-order valence-corrected chi connectivity index (χ4v) is 2.83. The number of hydrogen-bond donors (Lipinski definition) is 3. The molecule has 1 amide bonds. The molecule has 0 spiro atoms. The minimum Gasteiger partial charge on any atom is -0.334 e. The molecular weight excluding hydrogens is 464 g/mol. The topological polar surface area (TPSA) is 122 Å². The Kier molecular flexibility index (Phi) is 6.25. The number of benzene rings is 2. The summed E-state index contributed by atoms with van der Waals surface area (Å²) in [7, 11) is 0. The molecule has 0 saturated heterocycles. The zero-order valence-corrected chi connectivity index (χ0v) is 17.3. The van der Waals surface area contributed by atoms with Gasteiger partial charge in [0.1, 0.15) is 6.33 Å². The van der Waals surface area contributed by atoms with Crippen molar-refractivity contribution in [1.82, 2.24) is 15.4 Å². The van der Waals surface area contributed by atoms with Crippen LogP contribution in [0.2, 0.25) is 5.02 Å². The normalized spacial score (nSPS) is 10.3. The summed E-state index contributed by atoms with van der Waals surface area (Å²) in [6, 6.07) is 11.8. The lowest BCUT2D eigenvalue weighted by atomic mass is 10.2. The Morgan fingerprint density at radius 2 is 1.83 bits per heavy atom. The van der Waals surface area contributed by atoms with E-state index in [1.165, 1.54) is 0 Å². The molecule has 3 aromatic rings. The molecule has 0 aliphatic rings. The van der Waals surface area contributed by atoms with Crippen molar-refractivity contribution >= 4 is 56.4 Å². The van der Waals surface area contributed by atoms with Gasteiger partial charge in [-0.15, -0.1) is 0 Å². The summed E-state index contributed by atoms with van der Waals surface area (Å²) in [4.78, 5) is 31.1. The maximum Gasteiger partial charge on any atom is 0.355 e. The quantitative estimate of drug-likeness (QED) is 0.350. The molecule has 0 saturated carbocycles. The summed E-state index contributed by atoms with van der Waals surface area (Å²) in [6.07, 6.45) is 1.14. The Morgan fingerprint density at radius 3 is 2.52 bits per heavy atom. The maximum absolute atomic E-state index is 12.2. The lowest BCUT2D eigenvalue weighted by Gasteiger charge is -2.12. The van der Waals surface area contributed by atoms with E-state index in [9.17, 15) is 14.9 Å². The van der Waals surface area contributed by atoms with Gasteiger partial charge in [-0.05, 0) is 48.9 Å². The number of carbonyl (C=O) groups is 1. The molecule has 9 nitrogen and oxygen atoms in total. The third-order valence-electron chi connectivity index (χ3n) is 3.93. The molecule has 1 aromatic heterocycles. The highest BCUT2D eigenvalue weighted by Gasteiger charge is 2.24. The van der Waals surface area contributed by atoms with Gasteiger partial charge in [0.25, 0.3) is 5.91 Å². The van der Waals surface area contributed by atoms with E-state index >= 15 is 0 Å². The summed E-state index contributed by atoms with van der Waals surface area (Å²) < 4.78 is 0.820. The number of hydrazine groups is 1. The van der Waals surface area contributed by atoms with Gasteiger partial charge < -0.3 is 5.32 Å². The highest BCUT2D eigenvalue weighted by atomic mass is 79.9. The summed E-state index contributed by atoms with van der Waals surface area (Å²) in [5.41, 5.74) is 6.09. The SMILES string of the molecule is Cc1c(Cl)cccc1Nc1ncnc(NNC(=O)c2ccc(Br)cc2)c1[N+](=O)[O-]. The molecule has 0 atom stereocenters. The molecule has 3 N–H and O–H groups in total. The third kappa shape index (κ3) is 4.79. The molecule has 29 heavy (non-hydrogen) atoms. The first-order chi connectivity index (χ1) is 13.9. The van der Waals surface area contributed by atoms with E-state index < -0.39 is 16.5 Å². The second kappa shape index (κ2) is 8.84. The standard InChI is InChI=1S/C18H14BrClN6O3/c1-10-13(20)3-2-4-14(10)23-16-15(26(28)29)17(22-9-21-16)24-25-18(27)11-5-7-12(19)8-6-11/h2-9H,1H3,(H,25,27)(H2,21,22,23,24). The van der Waals surface area contributed by atoms with Crippen molar-refractivity contribution in [3.63, 3.8) is 0 Å². The highest BCUT2D eigenvalue weighted by Crippen LogP contribution is 2.33. The number of carbonyl (C=O) groups excluding carboxylic acids is 1. The van der Waals surface area contributed by atoms with E-state index in [-0.39, 0.29) is 11.6 Å². The van der Waals surface area contributed by atoms with Gasteiger partial charge >= 0.3 is 5.69 Å². The van der Waals surface area contributed by atoms with Crippen molar-refractivity contribution in [2.45, 2.75) is 6.92 Å². The molecule has 0 bridgehead atoms. The van der Waals surface area contributed by atoms with Gasteiger partial charge in [-0.25, -0.2) is 9.97 Å². The number of amides is 1.